The molecule has 0 aliphatic heterocycles. The molecule has 5 heteroatoms. The van der Waals surface area contributed by atoms with Crippen molar-refractivity contribution in [2.75, 3.05) is 13.6 Å². The summed E-state index contributed by atoms with van der Waals surface area (Å²) in [5.74, 6) is -0.362. The summed E-state index contributed by atoms with van der Waals surface area (Å²) in [5.41, 5.74) is 6.06. The van der Waals surface area contributed by atoms with Gasteiger partial charge in [-0.25, -0.2) is 0 Å². The second-order valence-corrected chi connectivity index (χ2v) is 4.57. The summed E-state index contributed by atoms with van der Waals surface area (Å²) in [5, 5.41) is 1.19. The Morgan fingerprint density at radius 1 is 1.50 bits per heavy atom. The van der Waals surface area contributed by atoms with Crippen molar-refractivity contribution in [3.63, 3.8) is 0 Å². The van der Waals surface area contributed by atoms with E-state index in [1.54, 1.807) is 12.1 Å². The van der Waals surface area contributed by atoms with Gasteiger partial charge >= 0.3 is 0 Å². The first-order valence-electron chi connectivity index (χ1n) is 4.85. The Balaban J connectivity index is 2.87. The summed E-state index contributed by atoms with van der Waals surface area (Å²) < 4.78 is 0. The molecule has 3 nitrogen and oxygen atoms in total. The number of hydrogen-bond acceptors (Lipinski definition) is 2. The first-order chi connectivity index (χ1) is 7.41. The Kier molecular flexibility index (Phi) is 4.59. The second kappa shape index (κ2) is 5.53. The van der Waals surface area contributed by atoms with Crippen LogP contribution in [0.1, 0.15) is 18.5 Å². The maximum Gasteiger partial charge on any atom is 0.231 e. The number of carbonyl (C=O) groups excluding carboxylic acids is 1. The van der Waals surface area contributed by atoms with Gasteiger partial charge in [0.2, 0.25) is 5.91 Å². The van der Waals surface area contributed by atoms with E-state index in [0.29, 0.717) is 10.0 Å². The van der Waals surface area contributed by atoms with Crippen molar-refractivity contribution < 1.29 is 4.79 Å². The Labute approximate surface area is 105 Å². The van der Waals surface area contributed by atoms with E-state index >= 15 is 0 Å². The zero-order valence-corrected chi connectivity index (χ0v) is 10.7. The summed E-state index contributed by atoms with van der Waals surface area (Å²) in [6, 6.07) is 5.33. The summed E-state index contributed by atoms with van der Waals surface area (Å²) in [7, 11) is 1.82. The van der Waals surface area contributed by atoms with Gasteiger partial charge in [0.15, 0.2) is 0 Å². The Bertz CT molecular complexity index is 396. The van der Waals surface area contributed by atoms with E-state index in [0.717, 1.165) is 5.56 Å². The topological polar surface area (TPSA) is 46.3 Å². The van der Waals surface area contributed by atoms with E-state index in [2.05, 4.69) is 0 Å². The number of benzene rings is 1. The third-order valence-corrected chi connectivity index (χ3v) is 3.04. The van der Waals surface area contributed by atoms with Crippen LogP contribution in [0.25, 0.3) is 0 Å². The molecule has 0 aromatic heterocycles. The fraction of sp³-hybridized carbons (Fsp3) is 0.364. The summed E-state index contributed by atoms with van der Waals surface area (Å²) >= 11 is 11.9. The number of rotatable bonds is 4. The predicted octanol–water partition coefficient (Wildman–Crippen LogP) is 2.47. The molecule has 1 amide bonds. The largest absolute Gasteiger partial charge is 0.369 e. The van der Waals surface area contributed by atoms with Crippen molar-refractivity contribution in [1.82, 2.24) is 4.90 Å². The molecule has 1 aromatic rings. The normalized spacial score (nSPS) is 12.8. The molecule has 16 heavy (non-hydrogen) atoms. The van der Waals surface area contributed by atoms with Crippen LogP contribution in [-0.4, -0.2) is 24.4 Å². The van der Waals surface area contributed by atoms with Crippen molar-refractivity contribution in [3.8, 4) is 0 Å². The fourth-order valence-corrected chi connectivity index (χ4v) is 2.03. The molecule has 0 spiro atoms. The highest BCUT2D eigenvalue weighted by Crippen LogP contribution is 2.28. The SMILES string of the molecule is C[C@H](c1ccc(Cl)cc1Cl)N(C)CC(N)=O. The Morgan fingerprint density at radius 3 is 2.62 bits per heavy atom. The molecule has 0 bridgehead atoms. The van der Waals surface area contributed by atoms with Gasteiger partial charge in [-0.1, -0.05) is 29.3 Å². The highest BCUT2D eigenvalue weighted by molar-refractivity contribution is 6.35. The molecule has 88 valence electrons. The number of halogens is 2. The quantitative estimate of drug-likeness (QED) is 0.904. The maximum absolute atomic E-state index is 10.8. The molecule has 0 heterocycles. The minimum Gasteiger partial charge on any atom is -0.369 e. The van der Waals surface area contributed by atoms with Gasteiger partial charge in [-0.3, -0.25) is 9.69 Å². The van der Waals surface area contributed by atoms with Crippen LogP contribution in [0.2, 0.25) is 10.0 Å². The molecule has 0 radical (unpaired) electrons. The highest BCUT2D eigenvalue weighted by Gasteiger charge is 2.16. The molecule has 0 aliphatic rings. The highest BCUT2D eigenvalue weighted by atomic mass is 35.5. The number of nitrogens with two attached hydrogens (primary N) is 1. The van der Waals surface area contributed by atoms with E-state index in [-0.39, 0.29) is 18.5 Å². The first kappa shape index (κ1) is 13.3. The molecule has 1 atom stereocenters. The van der Waals surface area contributed by atoms with E-state index in [1.165, 1.54) is 0 Å². The lowest BCUT2D eigenvalue weighted by molar-refractivity contribution is -0.119. The van der Waals surface area contributed by atoms with Crippen LogP contribution in [-0.2, 0) is 4.79 Å². The molecule has 0 saturated heterocycles. The third kappa shape index (κ3) is 3.37. The number of amides is 1. The van der Waals surface area contributed by atoms with Crippen molar-refractivity contribution in [2.45, 2.75) is 13.0 Å². The molecule has 2 N–H and O–H groups in total. The van der Waals surface area contributed by atoms with Crippen LogP contribution in [0.3, 0.4) is 0 Å². The zero-order valence-electron chi connectivity index (χ0n) is 9.21. The average molecular weight is 261 g/mol. The van der Waals surface area contributed by atoms with Gasteiger partial charge in [0.1, 0.15) is 0 Å². The van der Waals surface area contributed by atoms with Crippen LogP contribution < -0.4 is 5.73 Å². The average Bonchev–Trinajstić information content (AvgIpc) is 2.15. The zero-order chi connectivity index (χ0) is 12.3. The van der Waals surface area contributed by atoms with Gasteiger partial charge in [-0.2, -0.15) is 0 Å². The monoisotopic (exact) mass is 260 g/mol. The summed E-state index contributed by atoms with van der Waals surface area (Å²) in [6.45, 7) is 2.15. The van der Waals surface area contributed by atoms with Crippen LogP contribution in [0.15, 0.2) is 18.2 Å². The van der Waals surface area contributed by atoms with E-state index in [1.807, 2.05) is 24.9 Å². The molecule has 0 fully saturated rings. The lowest BCUT2D eigenvalue weighted by Crippen LogP contribution is -2.32. The Hall–Kier alpha value is -0.770. The lowest BCUT2D eigenvalue weighted by Gasteiger charge is -2.24. The van der Waals surface area contributed by atoms with Gasteiger partial charge in [0.05, 0.1) is 6.54 Å². The van der Waals surface area contributed by atoms with E-state index < -0.39 is 0 Å². The number of carbonyl (C=O) groups is 1. The summed E-state index contributed by atoms with van der Waals surface area (Å²) in [6.07, 6.45) is 0. The molecular weight excluding hydrogens is 247 g/mol. The molecule has 1 aromatic carbocycles. The van der Waals surface area contributed by atoms with Crippen LogP contribution in [0.4, 0.5) is 0 Å². The minimum absolute atomic E-state index is 0.0114. The second-order valence-electron chi connectivity index (χ2n) is 3.72. The predicted molar refractivity (Wildman–Crippen MR) is 66.7 cm³/mol. The maximum atomic E-state index is 10.8. The standard InChI is InChI=1S/C11H14Cl2N2O/c1-7(15(2)6-11(14)16)9-4-3-8(12)5-10(9)13/h3-5,7H,6H2,1-2H3,(H2,14,16)/t7-/m1/s1. The lowest BCUT2D eigenvalue weighted by atomic mass is 10.1. The molecule has 0 aliphatic carbocycles. The number of likely N-dealkylation sites (N-methyl/N-ethyl adjacent to an activating group) is 1. The van der Waals surface area contributed by atoms with Crippen molar-refractivity contribution in [3.05, 3.63) is 33.8 Å². The van der Waals surface area contributed by atoms with Crippen LogP contribution >= 0.6 is 23.2 Å². The molecule has 0 unspecified atom stereocenters. The van der Waals surface area contributed by atoms with Crippen LogP contribution in [0, 0.1) is 0 Å². The van der Waals surface area contributed by atoms with Crippen molar-refractivity contribution in [1.29, 1.82) is 0 Å². The first-order valence-corrected chi connectivity index (χ1v) is 5.61. The van der Waals surface area contributed by atoms with E-state index in [9.17, 15) is 4.79 Å². The number of hydrogen-bond donors (Lipinski definition) is 1. The smallest absolute Gasteiger partial charge is 0.231 e. The molecule has 0 saturated carbocycles. The van der Waals surface area contributed by atoms with Gasteiger partial charge in [-0.05, 0) is 31.7 Å². The van der Waals surface area contributed by atoms with Crippen molar-refractivity contribution >= 4 is 29.1 Å². The number of nitrogens with zero attached hydrogens (tertiary/aromatic N) is 1. The molecule has 1 rings (SSSR count). The van der Waals surface area contributed by atoms with Gasteiger partial charge in [0, 0.05) is 16.1 Å². The summed E-state index contributed by atoms with van der Waals surface area (Å²) in [4.78, 5) is 12.6. The third-order valence-electron chi connectivity index (χ3n) is 2.48. The number of primary amides is 1. The molecular formula is C11H14Cl2N2O. The minimum atomic E-state index is -0.362. The Morgan fingerprint density at radius 2 is 2.12 bits per heavy atom. The fourth-order valence-electron chi connectivity index (χ4n) is 1.46. The van der Waals surface area contributed by atoms with Crippen molar-refractivity contribution in [2.24, 2.45) is 5.73 Å². The van der Waals surface area contributed by atoms with Gasteiger partial charge < -0.3 is 5.73 Å². The van der Waals surface area contributed by atoms with Gasteiger partial charge in [0.25, 0.3) is 0 Å². The van der Waals surface area contributed by atoms with E-state index in [4.69, 9.17) is 28.9 Å². The van der Waals surface area contributed by atoms with Gasteiger partial charge in [-0.15, -0.1) is 0 Å². The van der Waals surface area contributed by atoms with Crippen LogP contribution in [0.5, 0.6) is 0 Å².